The fraction of sp³-hybridized carbons (Fsp3) is 0.250. The van der Waals surface area contributed by atoms with E-state index in [-0.39, 0.29) is 11.0 Å². The lowest BCUT2D eigenvalue weighted by Crippen LogP contribution is -2.72. The molecule has 1 atom stereocenters. The minimum Gasteiger partial charge on any atom is -0.362 e. The third kappa shape index (κ3) is 2.43. The lowest BCUT2D eigenvalue weighted by molar-refractivity contribution is -0.307. The van der Waals surface area contributed by atoms with E-state index in [9.17, 15) is 36.6 Å². The maximum Gasteiger partial charge on any atom is 0.438 e. The van der Waals surface area contributed by atoms with Gasteiger partial charge in [-0.05, 0) is 6.07 Å². The van der Waals surface area contributed by atoms with Gasteiger partial charge in [-0.1, -0.05) is 0 Å². The van der Waals surface area contributed by atoms with E-state index in [1.54, 1.807) is 0 Å². The van der Waals surface area contributed by atoms with Crippen LogP contribution in [0.2, 0.25) is 0 Å². The number of benzene rings is 1. The maximum absolute atomic E-state index is 13.9. The fourth-order valence-electron chi connectivity index (χ4n) is 2.02. The molecule has 1 heterocycles. The first kappa shape index (κ1) is 17.6. The van der Waals surface area contributed by atoms with Gasteiger partial charge < -0.3 is 5.11 Å². The van der Waals surface area contributed by atoms with Crippen LogP contribution in [0.5, 0.6) is 0 Å². The zero-order valence-electron chi connectivity index (χ0n) is 11.4. The van der Waals surface area contributed by atoms with Crippen molar-refractivity contribution in [3.63, 3.8) is 0 Å². The highest BCUT2D eigenvalue weighted by Crippen LogP contribution is 2.39. The predicted octanol–water partition coefficient (Wildman–Crippen LogP) is 1.12. The Kier molecular flexibility index (Phi) is 3.95. The SMILES string of the molecule is N#Cc1cc(F)c(N2C(=O)CC(O)(C(F)(F)F)N(N)C2=O)cc1F. The fourth-order valence-corrected chi connectivity index (χ4v) is 2.02. The van der Waals surface area contributed by atoms with Gasteiger partial charge in [0, 0.05) is 6.07 Å². The van der Waals surface area contributed by atoms with Crippen LogP contribution in [0.15, 0.2) is 12.1 Å². The number of nitrogens with zero attached hydrogens (tertiary/aromatic N) is 3. The molecule has 1 aliphatic heterocycles. The van der Waals surface area contributed by atoms with Gasteiger partial charge in [0.25, 0.3) is 5.72 Å². The van der Waals surface area contributed by atoms with E-state index >= 15 is 0 Å². The zero-order chi connectivity index (χ0) is 18.4. The van der Waals surface area contributed by atoms with Gasteiger partial charge in [-0.3, -0.25) is 4.79 Å². The highest BCUT2D eigenvalue weighted by Gasteiger charge is 2.64. The summed E-state index contributed by atoms with van der Waals surface area (Å²) < 4.78 is 65.9. The highest BCUT2D eigenvalue weighted by atomic mass is 19.4. The molecule has 1 fully saturated rings. The van der Waals surface area contributed by atoms with Crippen LogP contribution in [-0.2, 0) is 4.79 Å². The Morgan fingerprint density at radius 2 is 1.83 bits per heavy atom. The number of amides is 3. The number of hydrogen-bond acceptors (Lipinski definition) is 5. The highest BCUT2D eigenvalue weighted by molar-refractivity contribution is 6.16. The molecular weight excluding hydrogens is 343 g/mol. The number of nitriles is 1. The molecule has 2 rings (SSSR count). The molecule has 1 unspecified atom stereocenters. The number of carbonyl (C=O) groups excluding carboxylic acids is 2. The predicted molar refractivity (Wildman–Crippen MR) is 65.6 cm³/mol. The lowest BCUT2D eigenvalue weighted by Gasteiger charge is -2.43. The number of urea groups is 1. The maximum atomic E-state index is 13.9. The molecule has 3 N–H and O–H groups in total. The number of halogens is 5. The summed E-state index contributed by atoms with van der Waals surface area (Å²) in [7, 11) is 0. The summed E-state index contributed by atoms with van der Waals surface area (Å²) in [4.78, 5) is 23.6. The van der Waals surface area contributed by atoms with Crippen molar-refractivity contribution in [1.29, 1.82) is 5.26 Å². The molecule has 1 aromatic carbocycles. The molecule has 12 heteroatoms. The van der Waals surface area contributed by atoms with Gasteiger partial charge >= 0.3 is 12.2 Å². The second-order valence-electron chi connectivity index (χ2n) is 4.77. The number of nitrogens with two attached hydrogens (primary N) is 1. The molecule has 0 aromatic heterocycles. The monoisotopic (exact) mass is 350 g/mol. The summed E-state index contributed by atoms with van der Waals surface area (Å²) in [6.45, 7) is 0. The molecule has 7 nitrogen and oxygen atoms in total. The molecule has 1 aromatic rings. The van der Waals surface area contributed by atoms with Crippen molar-refractivity contribution in [3.8, 4) is 6.07 Å². The van der Waals surface area contributed by atoms with Crippen LogP contribution in [-0.4, -0.2) is 34.0 Å². The van der Waals surface area contributed by atoms with Crippen LogP contribution in [0.3, 0.4) is 0 Å². The van der Waals surface area contributed by atoms with Gasteiger partial charge in [0.15, 0.2) is 0 Å². The number of carbonyl (C=O) groups is 2. The molecule has 3 amide bonds. The van der Waals surface area contributed by atoms with Gasteiger partial charge in [0.1, 0.15) is 17.7 Å². The molecular formula is C12H7F5N4O3. The van der Waals surface area contributed by atoms with Crippen LogP contribution in [0, 0.1) is 23.0 Å². The largest absolute Gasteiger partial charge is 0.438 e. The van der Waals surface area contributed by atoms with Gasteiger partial charge in [-0.25, -0.2) is 29.3 Å². The molecule has 0 aliphatic carbocycles. The van der Waals surface area contributed by atoms with E-state index in [0.717, 1.165) is 0 Å². The first-order chi connectivity index (χ1) is 10.9. The Balaban J connectivity index is 2.53. The van der Waals surface area contributed by atoms with Crippen molar-refractivity contribution in [2.75, 3.05) is 4.90 Å². The Labute approximate surface area is 130 Å². The van der Waals surface area contributed by atoms with Crippen molar-refractivity contribution < 1.29 is 36.6 Å². The van der Waals surface area contributed by atoms with E-state index in [0.29, 0.717) is 6.07 Å². The van der Waals surface area contributed by atoms with Gasteiger partial charge in [-0.2, -0.15) is 18.4 Å². The lowest BCUT2D eigenvalue weighted by atomic mass is 10.0. The van der Waals surface area contributed by atoms with Crippen molar-refractivity contribution >= 4 is 17.6 Å². The number of aliphatic hydroxyl groups is 1. The molecule has 0 bridgehead atoms. The number of imide groups is 1. The molecule has 0 saturated carbocycles. The van der Waals surface area contributed by atoms with Gasteiger partial charge in [-0.15, -0.1) is 0 Å². The van der Waals surface area contributed by atoms with Crippen LogP contribution >= 0.6 is 0 Å². The van der Waals surface area contributed by atoms with Crippen LogP contribution in [0.1, 0.15) is 12.0 Å². The summed E-state index contributed by atoms with van der Waals surface area (Å²) in [5.74, 6) is 0.539. The third-order valence-corrected chi connectivity index (χ3v) is 3.29. The zero-order valence-corrected chi connectivity index (χ0v) is 11.4. The quantitative estimate of drug-likeness (QED) is 0.448. The number of hydrazine groups is 1. The average molecular weight is 350 g/mol. The standard InChI is InChI=1S/C12H7F5N4O3/c13-6-2-8(7(14)1-5(6)4-18)20-9(22)3-11(24,12(15,16)17)21(19)10(20)23/h1-2,24H,3,19H2. The number of anilines is 1. The van der Waals surface area contributed by atoms with Crippen molar-refractivity contribution in [2.24, 2.45) is 5.84 Å². The topological polar surface area (TPSA) is 111 Å². The van der Waals surface area contributed by atoms with Crippen molar-refractivity contribution in [3.05, 3.63) is 29.3 Å². The Morgan fingerprint density at radius 3 is 2.33 bits per heavy atom. The molecule has 1 saturated heterocycles. The Hall–Kier alpha value is -2.78. The summed E-state index contributed by atoms with van der Waals surface area (Å²) in [5.41, 5.74) is -5.77. The van der Waals surface area contributed by atoms with Crippen LogP contribution < -0.4 is 10.7 Å². The summed E-state index contributed by atoms with van der Waals surface area (Å²) in [6, 6.07) is 0.0260. The van der Waals surface area contributed by atoms with Crippen molar-refractivity contribution in [2.45, 2.75) is 18.3 Å². The molecule has 1 aliphatic rings. The second kappa shape index (κ2) is 5.39. The second-order valence-corrected chi connectivity index (χ2v) is 4.77. The smallest absolute Gasteiger partial charge is 0.362 e. The van der Waals surface area contributed by atoms with E-state index in [4.69, 9.17) is 11.1 Å². The van der Waals surface area contributed by atoms with Gasteiger partial charge in [0.05, 0.1) is 17.7 Å². The van der Waals surface area contributed by atoms with E-state index in [1.165, 1.54) is 6.07 Å². The van der Waals surface area contributed by atoms with Gasteiger partial charge in [0.2, 0.25) is 5.91 Å². The minimum atomic E-state index is -5.46. The first-order valence-electron chi connectivity index (χ1n) is 6.04. The molecule has 128 valence electrons. The Morgan fingerprint density at radius 1 is 1.25 bits per heavy atom. The third-order valence-electron chi connectivity index (χ3n) is 3.29. The van der Waals surface area contributed by atoms with E-state index < -0.39 is 58.2 Å². The first-order valence-corrected chi connectivity index (χ1v) is 6.04. The summed E-state index contributed by atoms with van der Waals surface area (Å²) in [6.07, 6.45) is -7.19. The minimum absolute atomic E-state index is 0.153. The Bertz CT molecular complexity index is 775. The molecule has 24 heavy (non-hydrogen) atoms. The van der Waals surface area contributed by atoms with E-state index in [1.807, 2.05) is 0 Å². The summed E-state index contributed by atoms with van der Waals surface area (Å²) in [5, 5.41) is 17.4. The summed E-state index contributed by atoms with van der Waals surface area (Å²) >= 11 is 0. The number of hydrogen-bond donors (Lipinski definition) is 2. The van der Waals surface area contributed by atoms with Crippen LogP contribution in [0.25, 0.3) is 0 Å². The number of alkyl halides is 3. The number of rotatable bonds is 1. The van der Waals surface area contributed by atoms with E-state index in [2.05, 4.69) is 0 Å². The average Bonchev–Trinajstić information content (AvgIpc) is 2.47. The van der Waals surface area contributed by atoms with Crippen molar-refractivity contribution in [1.82, 2.24) is 5.01 Å². The molecule has 0 spiro atoms. The normalized spacial score (nSPS) is 21.9. The molecule has 0 radical (unpaired) electrons. The van der Waals surface area contributed by atoms with Crippen LogP contribution in [0.4, 0.5) is 32.4 Å².